The SMILES string of the molecule is C/C1=C\C=C\[C@]2(CO)O[C@@]23C[C@H](OC(=O)N3)[C@@H](C)[C@@H]2O[C@@]2(C)[C@@H](OC(=O)[C@H](C)N(C)C(=O)C(CS)C2CC(=O)N(CCO)C2=O)CC(=O)N(C)c2cc(cc(CO)c2Cl)C1. The summed E-state index contributed by atoms with van der Waals surface area (Å²) in [6, 6.07) is 2.21. The minimum absolute atomic E-state index is 0.114. The van der Waals surface area contributed by atoms with Crippen LogP contribution in [0.5, 0.6) is 0 Å². The van der Waals surface area contributed by atoms with Gasteiger partial charge in [-0.05, 0) is 50.5 Å². The summed E-state index contributed by atoms with van der Waals surface area (Å²) in [5, 5.41) is 33.0. The Morgan fingerprint density at radius 3 is 2.52 bits per heavy atom. The summed E-state index contributed by atoms with van der Waals surface area (Å²) in [6.07, 6.45) is 1.55. The Morgan fingerprint density at radius 1 is 1.15 bits per heavy atom. The number of halogens is 1. The zero-order chi connectivity index (χ0) is 44.1. The number of aliphatic hydroxyl groups excluding tert-OH is 3. The number of alkyl carbamates (subject to hydrolysis) is 1. The Morgan fingerprint density at radius 2 is 1.87 bits per heavy atom. The van der Waals surface area contributed by atoms with Crippen LogP contribution in [0.1, 0.15) is 58.1 Å². The van der Waals surface area contributed by atoms with Crippen LogP contribution in [-0.4, -0.2) is 142 Å². The number of imide groups is 1. The second-order valence-electron chi connectivity index (χ2n) is 16.5. The highest BCUT2D eigenvalue weighted by Crippen LogP contribution is 2.55. The number of hydrogen-bond acceptors (Lipinski definition) is 14. The number of anilines is 1. The van der Waals surface area contributed by atoms with Crippen molar-refractivity contribution in [3.63, 3.8) is 0 Å². The second kappa shape index (κ2) is 17.4. The number of benzene rings is 1. The summed E-state index contributed by atoms with van der Waals surface area (Å²) >= 11 is 11.1. The Hall–Kier alpha value is -4.04. The summed E-state index contributed by atoms with van der Waals surface area (Å²) in [5.41, 5.74) is -1.55. The molecular weight excluding hydrogens is 824 g/mol. The van der Waals surface area contributed by atoms with Gasteiger partial charge < -0.3 is 44.1 Å². The Labute approximate surface area is 358 Å². The molecule has 2 unspecified atom stereocenters. The highest BCUT2D eigenvalue weighted by molar-refractivity contribution is 7.80. The van der Waals surface area contributed by atoms with E-state index in [1.807, 2.05) is 13.0 Å². The number of carbonyl (C=O) groups excluding carboxylic acids is 6. The lowest BCUT2D eigenvalue weighted by Gasteiger charge is -2.34. The summed E-state index contributed by atoms with van der Waals surface area (Å²) in [6.45, 7) is 5.27. The average Bonchev–Trinajstić information content (AvgIpc) is 4.05. The Balaban J connectivity index is 1.31. The van der Waals surface area contributed by atoms with Crippen LogP contribution < -0.4 is 10.2 Å². The summed E-state index contributed by atoms with van der Waals surface area (Å²) < 4.78 is 24.2. The van der Waals surface area contributed by atoms with E-state index in [1.165, 1.54) is 25.9 Å². The van der Waals surface area contributed by atoms with Gasteiger partial charge in [0.25, 0.3) is 0 Å². The number of epoxide rings is 2. The molecule has 0 aliphatic carbocycles. The molecule has 6 rings (SSSR count). The molecule has 5 aliphatic heterocycles. The molecule has 5 heterocycles. The van der Waals surface area contributed by atoms with Crippen molar-refractivity contribution >= 4 is 65.6 Å². The molecule has 328 valence electrons. The molecule has 1 aromatic carbocycles. The maximum Gasteiger partial charge on any atom is 0.409 e. The maximum atomic E-state index is 14.3. The van der Waals surface area contributed by atoms with Gasteiger partial charge in [-0.2, -0.15) is 12.6 Å². The van der Waals surface area contributed by atoms with E-state index in [1.54, 1.807) is 38.1 Å². The van der Waals surface area contributed by atoms with Crippen molar-refractivity contribution in [3.05, 3.63) is 52.1 Å². The topological polar surface area (TPSA) is 228 Å². The van der Waals surface area contributed by atoms with Crippen LogP contribution in [0.2, 0.25) is 5.02 Å². The zero-order valence-electron chi connectivity index (χ0n) is 34.4. The van der Waals surface area contributed by atoms with Crippen LogP contribution in [-0.2, 0) is 55.9 Å². The van der Waals surface area contributed by atoms with E-state index in [0.29, 0.717) is 17.7 Å². The van der Waals surface area contributed by atoms with E-state index in [2.05, 4.69) is 17.9 Å². The first-order chi connectivity index (χ1) is 28.3. The van der Waals surface area contributed by atoms with E-state index in [9.17, 15) is 44.1 Å². The van der Waals surface area contributed by atoms with Crippen molar-refractivity contribution in [2.45, 2.75) is 101 Å². The van der Waals surface area contributed by atoms with Crippen molar-refractivity contribution in [1.82, 2.24) is 15.1 Å². The molecule has 0 radical (unpaired) electrons. The fourth-order valence-electron chi connectivity index (χ4n) is 8.65. The summed E-state index contributed by atoms with van der Waals surface area (Å²) in [7, 11) is 2.87. The lowest BCUT2D eigenvalue weighted by atomic mass is 9.83. The third-order valence-corrected chi connectivity index (χ3v) is 13.5. The lowest BCUT2D eigenvalue weighted by Crippen LogP contribution is -2.55. The highest BCUT2D eigenvalue weighted by Gasteiger charge is 2.73. The van der Waals surface area contributed by atoms with Crippen LogP contribution in [0.15, 0.2) is 35.9 Å². The fraction of sp³-hybridized carbons (Fsp3) is 0.610. The first-order valence-electron chi connectivity index (χ1n) is 19.8. The number of carbonyl (C=O) groups is 6. The number of aliphatic hydroxyl groups is 3. The van der Waals surface area contributed by atoms with E-state index in [-0.39, 0.29) is 30.2 Å². The van der Waals surface area contributed by atoms with Crippen LogP contribution in [0.4, 0.5) is 10.5 Å². The number of allylic oxidation sites excluding steroid dienone is 3. The van der Waals surface area contributed by atoms with E-state index in [4.69, 9.17) is 30.5 Å². The van der Waals surface area contributed by atoms with Gasteiger partial charge >= 0.3 is 12.1 Å². The molecule has 0 aromatic heterocycles. The number of likely N-dealkylation sites (N-methyl/N-ethyl adjacent to an activating group) is 1. The number of thiol groups is 1. The number of nitrogens with one attached hydrogen (secondary N) is 1. The number of hydrogen-bond donors (Lipinski definition) is 5. The van der Waals surface area contributed by atoms with Gasteiger partial charge in [-0.3, -0.25) is 29.4 Å². The molecule has 0 saturated carbocycles. The summed E-state index contributed by atoms with van der Waals surface area (Å²) in [4.78, 5) is 84.2. The smallest absolute Gasteiger partial charge is 0.409 e. The third kappa shape index (κ3) is 8.31. The minimum Gasteiger partial charge on any atom is -0.457 e. The van der Waals surface area contributed by atoms with Crippen molar-refractivity contribution in [2.24, 2.45) is 17.8 Å². The van der Waals surface area contributed by atoms with Crippen molar-refractivity contribution in [3.8, 4) is 0 Å². The second-order valence-corrected chi connectivity index (χ2v) is 17.3. The molecule has 1 aromatic rings. The number of esters is 1. The normalized spacial score (nSPS) is 34.0. The molecule has 4 bridgehead atoms. The van der Waals surface area contributed by atoms with Gasteiger partial charge in [0.05, 0.1) is 61.4 Å². The quantitative estimate of drug-likeness (QED) is 0.0977. The molecular formula is C41H53ClN4O13S. The van der Waals surface area contributed by atoms with Gasteiger partial charge in [0.2, 0.25) is 23.6 Å². The molecule has 17 nitrogen and oxygen atoms in total. The highest BCUT2D eigenvalue weighted by atomic mass is 35.5. The Bertz CT molecular complexity index is 2000. The van der Waals surface area contributed by atoms with Crippen LogP contribution in [0.3, 0.4) is 0 Å². The number of ether oxygens (including phenoxy) is 4. The van der Waals surface area contributed by atoms with Crippen molar-refractivity contribution in [1.29, 1.82) is 0 Å². The number of β-amino-alcohol motifs (C(OH)–C–C–N with tert-alkyl or cyclic N) is 1. The number of amides is 5. The van der Waals surface area contributed by atoms with Gasteiger partial charge in [-0.1, -0.05) is 42.3 Å². The van der Waals surface area contributed by atoms with Crippen LogP contribution >= 0.6 is 24.2 Å². The van der Waals surface area contributed by atoms with E-state index in [0.717, 1.165) is 20.9 Å². The molecule has 5 amide bonds. The monoisotopic (exact) mass is 876 g/mol. The predicted octanol–water partition coefficient (Wildman–Crippen LogP) is 1.67. The van der Waals surface area contributed by atoms with Crippen molar-refractivity contribution in [2.75, 3.05) is 44.5 Å². The zero-order valence-corrected chi connectivity index (χ0v) is 36.0. The minimum atomic E-state index is -1.32. The average molecular weight is 877 g/mol. The number of nitrogens with zero attached hydrogens (tertiary/aromatic N) is 3. The lowest BCUT2D eigenvalue weighted by molar-refractivity contribution is -0.163. The van der Waals surface area contributed by atoms with Gasteiger partial charge in [0.15, 0.2) is 11.3 Å². The number of fused-ring (bicyclic) bond motifs is 4. The van der Waals surface area contributed by atoms with Gasteiger partial charge in [-0.15, -0.1) is 0 Å². The largest absolute Gasteiger partial charge is 0.457 e. The van der Waals surface area contributed by atoms with E-state index < -0.39 is 121 Å². The molecule has 4 N–H and O–H groups in total. The first kappa shape index (κ1) is 45.5. The number of likely N-dealkylation sites (tertiary alicyclic amines) is 1. The fourth-order valence-corrected chi connectivity index (χ4v) is 9.36. The molecule has 4 fully saturated rings. The standard InChI is InChI=1S/C41H53ClN4O13S/c1-21-8-7-9-40(20-49)41(59-40)17-29(56-38(55)43-41)22(2)34-39(4,58-34)30(16-31(50)45(6)28-14-24(12-21)13-25(18-48)33(28)42)57-37(54)23(3)44(5)35(52)27(19-60)26-15-32(51)46(10-11-47)36(26)53/h7-9,13-14,22-23,26-27,29-30,34,47-49,60H,10-12,15-20H2,1-6H3,(H,43,55)/b9-7+,21-8+/t22-,23+,26?,27?,29+,30+,34+,39+,40-,41+/m1/s1. The van der Waals surface area contributed by atoms with Gasteiger partial charge in [-0.25, -0.2) is 9.59 Å². The maximum absolute atomic E-state index is 14.3. The van der Waals surface area contributed by atoms with Crippen LogP contribution in [0, 0.1) is 17.8 Å². The van der Waals surface area contributed by atoms with Crippen LogP contribution in [0.25, 0.3) is 0 Å². The van der Waals surface area contributed by atoms with Gasteiger partial charge in [0.1, 0.15) is 23.9 Å². The Kier molecular flexibility index (Phi) is 13.2. The number of rotatable bonds is 10. The molecule has 5 aliphatic rings. The van der Waals surface area contributed by atoms with Crippen molar-refractivity contribution < 1.29 is 63.0 Å². The molecule has 4 saturated heterocycles. The molecule has 19 heteroatoms. The third-order valence-electron chi connectivity index (χ3n) is 12.7. The summed E-state index contributed by atoms with van der Waals surface area (Å²) in [5.74, 6) is -5.98. The first-order valence-corrected chi connectivity index (χ1v) is 20.9. The van der Waals surface area contributed by atoms with E-state index >= 15 is 0 Å². The molecule has 1 spiro atoms. The molecule has 10 atom stereocenters. The van der Waals surface area contributed by atoms with Gasteiger partial charge in [0, 0.05) is 38.6 Å². The molecule has 60 heavy (non-hydrogen) atoms. The predicted molar refractivity (Wildman–Crippen MR) is 217 cm³/mol.